The van der Waals surface area contributed by atoms with Crippen molar-refractivity contribution in [1.29, 1.82) is 0 Å². The molecule has 0 aliphatic heterocycles. The van der Waals surface area contributed by atoms with Crippen LogP contribution in [0.5, 0.6) is 0 Å². The summed E-state index contributed by atoms with van der Waals surface area (Å²) in [6.45, 7) is 2.59. The second kappa shape index (κ2) is 8.43. The zero-order chi connectivity index (χ0) is 15.9. The van der Waals surface area contributed by atoms with Crippen LogP contribution in [0.2, 0.25) is 10.0 Å². The van der Waals surface area contributed by atoms with Gasteiger partial charge in [-0.25, -0.2) is 9.78 Å². The van der Waals surface area contributed by atoms with E-state index in [-0.39, 0.29) is 0 Å². The van der Waals surface area contributed by atoms with Gasteiger partial charge in [-0.1, -0.05) is 29.3 Å². The summed E-state index contributed by atoms with van der Waals surface area (Å²) < 4.78 is 12.2. The van der Waals surface area contributed by atoms with Gasteiger partial charge in [-0.05, 0) is 19.1 Å². The van der Waals surface area contributed by atoms with Crippen molar-refractivity contribution in [1.82, 2.24) is 9.55 Å². The van der Waals surface area contributed by atoms with E-state index in [4.69, 9.17) is 32.1 Å². The van der Waals surface area contributed by atoms with Crippen molar-refractivity contribution in [2.45, 2.75) is 19.6 Å². The molecule has 0 aliphatic carbocycles. The van der Waals surface area contributed by atoms with Gasteiger partial charge in [-0.15, -0.1) is 0 Å². The van der Waals surface area contributed by atoms with E-state index in [2.05, 4.69) is 4.98 Å². The van der Waals surface area contributed by atoms with Crippen molar-refractivity contribution in [3.8, 4) is 0 Å². The average Bonchev–Trinajstić information content (AvgIpc) is 2.97. The standard InChI is InChI=1S/C14H14Cl2N2O3S/c1-2-20-22-14(19)21-13(8-18-6-5-17-9-18)11-4-3-10(15)7-12(11)16/h3-7,9,13H,2,8H2,1H3. The van der Waals surface area contributed by atoms with Crippen LogP contribution in [0.1, 0.15) is 18.6 Å². The van der Waals surface area contributed by atoms with Gasteiger partial charge in [0.2, 0.25) is 0 Å². The fourth-order valence-electron chi connectivity index (χ4n) is 1.79. The highest BCUT2D eigenvalue weighted by molar-refractivity contribution is 8.09. The fourth-order valence-corrected chi connectivity index (χ4v) is 2.69. The largest absolute Gasteiger partial charge is 0.446 e. The maximum atomic E-state index is 11.8. The minimum Gasteiger partial charge on any atom is -0.446 e. The van der Waals surface area contributed by atoms with Crippen LogP contribution >= 0.6 is 35.2 Å². The predicted octanol–water partition coefficient (Wildman–Crippen LogP) is 4.75. The second-order valence-corrected chi connectivity index (χ2v) is 5.85. The lowest BCUT2D eigenvalue weighted by Gasteiger charge is -2.19. The Morgan fingerprint density at radius 3 is 2.91 bits per heavy atom. The maximum absolute atomic E-state index is 11.8. The summed E-state index contributed by atoms with van der Waals surface area (Å²) in [5, 5.41) is 0.426. The van der Waals surface area contributed by atoms with Crippen molar-refractivity contribution in [3.63, 3.8) is 0 Å². The first-order valence-corrected chi connectivity index (χ1v) is 8.00. The van der Waals surface area contributed by atoms with Crippen molar-refractivity contribution >= 4 is 40.5 Å². The highest BCUT2D eigenvalue weighted by atomic mass is 35.5. The number of benzene rings is 1. The van der Waals surface area contributed by atoms with Crippen LogP contribution < -0.4 is 0 Å². The van der Waals surface area contributed by atoms with E-state index in [0.717, 1.165) is 0 Å². The van der Waals surface area contributed by atoms with Gasteiger partial charge >= 0.3 is 5.30 Å². The Balaban J connectivity index is 2.18. The van der Waals surface area contributed by atoms with Crippen molar-refractivity contribution < 1.29 is 13.7 Å². The molecule has 1 atom stereocenters. The number of halogens is 2. The molecule has 0 saturated carbocycles. The highest BCUT2D eigenvalue weighted by Gasteiger charge is 2.21. The fraction of sp³-hybridized carbons (Fsp3) is 0.286. The van der Waals surface area contributed by atoms with E-state index in [0.29, 0.717) is 40.8 Å². The van der Waals surface area contributed by atoms with Gasteiger partial charge in [0.1, 0.15) is 18.1 Å². The Bertz CT molecular complexity index is 623. The molecule has 1 unspecified atom stereocenters. The number of carbonyl (C=O) groups excluding carboxylic acids is 1. The van der Waals surface area contributed by atoms with Crippen molar-refractivity contribution in [2.75, 3.05) is 6.61 Å². The maximum Gasteiger partial charge on any atom is 0.395 e. The number of ether oxygens (including phenoxy) is 1. The van der Waals surface area contributed by atoms with Gasteiger partial charge in [0.25, 0.3) is 0 Å². The molecule has 0 bridgehead atoms. The molecule has 0 aliphatic rings. The molecule has 2 aromatic rings. The average molecular weight is 361 g/mol. The van der Waals surface area contributed by atoms with Gasteiger partial charge in [0.05, 0.1) is 19.5 Å². The molecule has 0 fully saturated rings. The van der Waals surface area contributed by atoms with E-state index >= 15 is 0 Å². The Labute approximate surface area is 142 Å². The molecule has 0 saturated heterocycles. The quantitative estimate of drug-likeness (QED) is 0.549. The molecule has 118 valence electrons. The van der Waals surface area contributed by atoms with Crippen LogP contribution in [-0.4, -0.2) is 21.5 Å². The molecule has 8 heteroatoms. The lowest BCUT2D eigenvalue weighted by molar-refractivity contribution is 0.110. The summed E-state index contributed by atoms with van der Waals surface area (Å²) in [4.78, 5) is 15.8. The summed E-state index contributed by atoms with van der Waals surface area (Å²) in [6, 6.07) is 5.06. The van der Waals surface area contributed by atoms with Crippen LogP contribution in [-0.2, 0) is 15.5 Å². The number of hydrogen-bond donors (Lipinski definition) is 0. The molecule has 5 nitrogen and oxygen atoms in total. The predicted molar refractivity (Wildman–Crippen MR) is 87.1 cm³/mol. The molecule has 0 N–H and O–H groups in total. The zero-order valence-electron chi connectivity index (χ0n) is 11.7. The number of nitrogens with zero attached hydrogens (tertiary/aromatic N) is 2. The molecule has 0 radical (unpaired) electrons. The molecule has 1 aromatic heterocycles. The molecule has 0 spiro atoms. The van der Waals surface area contributed by atoms with Crippen LogP contribution in [0.25, 0.3) is 0 Å². The van der Waals surface area contributed by atoms with Crippen molar-refractivity contribution in [3.05, 3.63) is 52.5 Å². The lowest BCUT2D eigenvalue weighted by Crippen LogP contribution is -2.14. The molecule has 1 heterocycles. The minimum absolute atomic E-state index is 0.389. The van der Waals surface area contributed by atoms with Crippen LogP contribution in [0.15, 0.2) is 36.9 Å². The molecule has 22 heavy (non-hydrogen) atoms. The normalized spacial score (nSPS) is 12.1. The zero-order valence-corrected chi connectivity index (χ0v) is 14.1. The Morgan fingerprint density at radius 1 is 1.45 bits per heavy atom. The molecular weight excluding hydrogens is 347 g/mol. The van der Waals surface area contributed by atoms with Gasteiger partial charge in [-0.3, -0.25) is 0 Å². The Kier molecular flexibility index (Phi) is 6.57. The number of imidazole rings is 1. The van der Waals surface area contributed by atoms with Crippen LogP contribution in [0, 0.1) is 0 Å². The highest BCUT2D eigenvalue weighted by Crippen LogP contribution is 2.31. The first-order chi connectivity index (χ1) is 10.6. The lowest BCUT2D eigenvalue weighted by atomic mass is 10.1. The van der Waals surface area contributed by atoms with Crippen LogP contribution in [0.4, 0.5) is 4.79 Å². The number of carbonyl (C=O) groups is 1. The summed E-state index contributed by atoms with van der Waals surface area (Å²) in [5.41, 5.74) is 0.671. The second-order valence-electron chi connectivity index (χ2n) is 4.27. The van der Waals surface area contributed by atoms with Gasteiger partial charge in [0.15, 0.2) is 0 Å². The Hall–Kier alpha value is -1.21. The Morgan fingerprint density at radius 2 is 2.27 bits per heavy atom. The third kappa shape index (κ3) is 4.91. The van der Waals surface area contributed by atoms with Crippen LogP contribution in [0.3, 0.4) is 0 Å². The number of rotatable bonds is 6. The van der Waals surface area contributed by atoms with E-state index in [9.17, 15) is 4.79 Å². The topological polar surface area (TPSA) is 53.4 Å². The molecule has 0 amide bonds. The molecule has 2 rings (SSSR count). The van der Waals surface area contributed by atoms with E-state index < -0.39 is 11.4 Å². The van der Waals surface area contributed by atoms with Crippen molar-refractivity contribution in [2.24, 2.45) is 0 Å². The summed E-state index contributed by atoms with van der Waals surface area (Å²) >= 11 is 12.8. The van der Waals surface area contributed by atoms with E-state index in [1.807, 2.05) is 0 Å². The molecular formula is C14H14Cl2N2O3S. The summed E-state index contributed by atoms with van der Waals surface area (Å²) in [7, 11) is 0. The monoisotopic (exact) mass is 360 g/mol. The van der Waals surface area contributed by atoms with Gasteiger partial charge in [0, 0.05) is 28.0 Å². The van der Waals surface area contributed by atoms with E-state index in [1.54, 1.807) is 48.4 Å². The third-order valence-corrected chi connectivity index (χ3v) is 3.88. The SMILES string of the molecule is CCOSC(=O)OC(Cn1ccnc1)c1ccc(Cl)cc1Cl. The minimum atomic E-state index is -0.570. The third-order valence-electron chi connectivity index (χ3n) is 2.73. The van der Waals surface area contributed by atoms with Gasteiger partial charge in [-0.2, -0.15) is 0 Å². The first kappa shape index (κ1) is 17.1. The molecule has 1 aromatic carbocycles. The summed E-state index contributed by atoms with van der Waals surface area (Å²) in [6.07, 6.45) is 4.50. The smallest absolute Gasteiger partial charge is 0.395 e. The number of hydrogen-bond acceptors (Lipinski definition) is 5. The first-order valence-electron chi connectivity index (χ1n) is 6.51. The summed E-state index contributed by atoms with van der Waals surface area (Å²) in [5.74, 6) is 0. The van der Waals surface area contributed by atoms with Gasteiger partial charge < -0.3 is 13.5 Å². The number of aromatic nitrogens is 2. The van der Waals surface area contributed by atoms with E-state index in [1.165, 1.54) is 0 Å².